The van der Waals surface area contributed by atoms with Crippen molar-refractivity contribution in [2.75, 3.05) is 0 Å². The summed E-state index contributed by atoms with van der Waals surface area (Å²) in [5.74, 6) is -0.143. The molecule has 0 unspecified atom stereocenters. The Morgan fingerprint density at radius 2 is 1.57 bits per heavy atom. The van der Waals surface area contributed by atoms with Crippen LogP contribution in [0.4, 0.5) is 0 Å². The Labute approximate surface area is 166 Å². The van der Waals surface area contributed by atoms with Crippen LogP contribution in [-0.4, -0.2) is 5.11 Å². The average Bonchev–Trinajstić information content (AvgIpc) is 1.91. The molecule has 1 N–H and O–H groups in total. The van der Waals surface area contributed by atoms with Gasteiger partial charge in [0.1, 0.15) is 19.3 Å². The Bertz CT molecular complexity index is 309. The fraction of sp³-hybridized carbons (Fsp3) is 0. The van der Waals surface area contributed by atoms with Gasteiger partial charge < -0.3 is 24.0 Å². The van der Waals surface area contributed by atoms with Gasteiger partial charge in [-0.3, -0.25) is 0 Å². The summed E-state index contributed by atoms with van der Waals surface area (Å²) >= 11 is 0. The summed E-state index contributed by atoms with van der Waals surface area (Å²) in [7, 11) is -4.98. The van der Waals surface area contributed by atoms with Crippen molar-refractivity contribution in [1.29, 1.82) is 0 Å². The molecule has 0 aliphatic heterocycles. The van der Waals surface area contributed by atoms with Crippen LogP contribution in [0.3, 0.4) is 0 Å². The normalized spacial score (nSPS) is 9.57. The molecule has 66 valence electrons. The first-order valence-corrected chi connectivity index (χ1v) is 4.44. The van der Waals surface area contributed by atoms with E-state index in [4.69, 9.17) is 5.11 Å². The SMILES string of the molecule is O=P([O-])([O-])Oc1ccc(O)cc1.[K+].[K+]. The number of phosphoric acid groups is 1. The van der Waals surface area contributed by atoms with Crippen LogP contribution >= 0.6 is 7.82 Å². The fourth-order valence-electron chi connectivity index (χ4n) is 0.636. The molecule has 0 heterocycles. The molecule has 0 radical (unpaired) electrons. The number of phenols is 1. The van der Waals surface area contributed by atoms with Crippen molar-refractivity contribution in [3.63, 3.8) is 0 Å². The first-order chi connectivity index (χ1) is 5.47. The molecule has 1 aromatic rings. The number of hydrogen-bond donors (Lipinski definition) is 1. The first kappa shape index (κ1) is 18.6. The molecule has 0 amide bonds. The maximum Gasteiger partial charge on any atom is 1.00 e. The second-order valence-electron chi connectivity index (χ2n) is 2.03. The molecule has 0 atom stereocenters. The maximum absolute atomic E-state index is 10.1. The summed E-state index contributed by atoms with van der Waals surface area (Å²) in [5, 5.41) is 8.77. The molecule has 8 heteroatoms. The van der Waals surface area contributed by atoms with Crippen LogP contribution in [0.1, 0.15) is 0 Å². The number of aromatic hydroxyl groups is 1. The predicted octanol–water partition coefficient (Wildman–Crippen LogP) is -6.39. The summed E-state index contributed by atoms with van der Waals surface area (Å²) in [6.45, 7) is 0. The van der Waals surface area contributed by atoms with E-state index in [0.29, 0.717) is 0 Å². The van der Waals surface area contributed by atoms with Crippen LogP contribution in [-0.2, 0) is 4.57 Å². The van der Waals surface area contributed by atoms with Gasteiger partial charge in [-0.1, -0.05) is 0 Å². The fourth-order valence-corrected chi connectivity index (χ4v) is 1.02. The minimum atomic E-state index is -4.98. The van der Waals surface area contributed by atoms with Crippen LogP contribution in [0.15, 0.2) is 24.3 Å². The third-order valence-electron chi connectivity index (χ3n) is 1.05. The Morgan fingerprint density at radius 3 is 1.93 bits per heavy atom. The second-order valence-corrected chi connectivity index (χ2v) is 3.11. The van der Waals surface area contributed by atoms with Crippen molar-refractivity contribution in [2.24, 2.45) is 0 Å². The first-order valence-electron chi connectivity index (χ1n) is 2.98. The molecule has 0 fully saturated rings. The number of phenolic OH excluding ortho intramolecular Hbond substituents is 1. The molecular weight excluding hydrogens is 261 g/mol. The topological polar surface area (TPSA) is 92.7 Å². The Kier molecular flexibility index (Phi) is 11.1. The van der Waals surface area contributed by atoms with Crippen molar-refractivity contribution in [1.82, 2.24) is 0 Å². The third-order valence-corrected chi connectivity index (χ3v) is 1.49. The van der Waals surface area contributed by atoms with E-state index in [9.17, 15) is 14.4 Å². The van der Waals surface area contributed by atoms with E-state index >= 15 is 0 Å². The third kappa shape index (κ3) is 8.40. The van der Waals surface area contributed by atoms with Crippen LogP contribution in [0, 0.1) is 0 Å². The molecule has 0 saturated heterocycles. The molecule has 0 aliphatic rings. The van der Waals surface area contributed by atoms with E-state index in [1.807, 2.05) is 0 Å². The molecule has 0 spiro atoms. The molecule has 0 aliphatic carbocycles. The van der Waals surface area contributed by atoms with Gasteiger partial charge >= 0.3 is 103 Å². The number of phosphoric ester groups is 1. The standard InChI is InChI=1S/C6H7O5P.2K/c7-5-1-3-6(4-2-5)11-12(8,9)10;;/h1-4,7H,(H2,8,9,10);;/q;2*+1/p-2. The molecule has 1 aromatic carbocycles. The summed E-state index contributed by atoms with van der Waals surface area (Å²) in [4.78, 5) is 20.1. The van der Waals surface area contributed by atoms with Crippen molar-refractivity contribution < 1.29 is 127 Å². The summed E-state index contributed by atoms with van der Waals surface area (Å²) in [6.07, 6.45) is 0. The summed E-state index contributed by atoms with van der Waals surface area (Å²) in [6, 6.07) is 4.78. The van der Waals surface area contributed by atoms with E-state index in [0.717, 1.165) is 0 Å². The van der Waals surface area contributed by atoms with Crippen molar-refractivity contribution in [3.8, 4) is 11.5 Å². The number of hydrogen-bond acceptors (Lipinski definition) is 5. The van der Waals surface area contributed by atoms with Crippen molar-refractivity contribution in [2.45, 2.75) is 0 Å². The van der Waals surface area contributed by atoms with Crippen LogP contribution in [0.2, 0.25) is 0 Å². The van der Waals surface area contributed by atoms with Gasteiger partial charge in [-0.05, 0) is 24.3 Å². The van der Waals surface area contributed by atoms with Gasteiger partial charge in [-0.15, -0.1) is 0 Å². The van der Waals surface area contributed by atoms with Crippen LogP contribution in [0.25, 0.3) is 0 Å². The van der Waals surface area contributed by atoms with E-state index < -0.39 is 7.82 Å². The molecule has 0 bridgehead atoms. The van der Waals surface area contributed by atoms with Gasteiger partial charge in [0.2, 0.25) is 0 Å². The Balaban J connectivity index is 0. The molecular formula is C6H5K2O5P. The smallest absolute Gasteiger partial charge is 0.780 e. The predicted molar refractivity (Wildman–Crippen MR) is 36.3 cm³/mol. The van der Waals surface area contributed by atoms with E-state index in [1.54, 1.807) is 0 Å². The Morgan fingerprint density at radius 1 is 1.14 bits per heavy atom. The van der Waals surface area contributed by atoms with Gasteiger partial charge in [-0.25, -0.2) is 0 Å². The van der Waals surface area contributed by atoms with Crippen molar-refractivity contribution >= 4 is 7.82 Å². The zero-order valence-corrected chi connectivity index (χ0v) is 15.0. The van der Waals surface area contributed by atoms with Gasteiger partial charge in [0, 0.05) is 0 Å². The van der Waals surface area contributed by atoms with Gasteiger partial charge in [0.05, 0.1) is 0 Å². The van der Waals surface area contributed by atoms with E-state index in [1.165, 1.54) is 24.3 Å². The second kappa shape index (κ2) is 8.35. The van der Waals surface area contributed by atoms with Crippen molar-refractivity contribution in [3.05, 3.63) is 24.3 Å². The monoisotopic (exact) mass is 266 g/mol. The average molecular weight is 266 g/mol. The molecule has 5 nitrogen and oxygen atoms in total. The number of benzene rings is 1. The number of rotatable bonds is 2. The molecule has 0 aromatic heterocycles. The largest absolute Gasteiger partial charge is 1.00 e. The maximum atomic E-state index is 10.1. The summed E-state index contributed by atoms with van der Waals surface area (Å²) in [5.41, 5.74) is 0. The minimum absolute atomic E-state index is 0. The van der Waals surface area contributed by atoms with Gasteiger partial charge in [-0.2, -0.15) is 0 Å². The van der Waals surface area contributed by atoms with Gasteiger partial charge in [0.15, 0.2) is 0 Å². The summed E-state index contributed by atoms with van der Waals surface area (Å²) < 4.78 is 14.1. The quantitative estimate of drug-likeness (QED) is 0.424. The Hall–Kier alpha value is 2.24. The van der Waals surface area contributed by atoms with Crippen LogP contribution in [0.5, 0.6) is 11.5 Å². The zero-order valence-electron chi connectivity index (χ0n) is 7.84. The molecule has 0 saturated carbocycles. The van der Waals surface area contributed by atoms with Crippen LogP contribution < -0.4 is 117 Å². The van der Waals surface area contributed by atoms with E-state index in [-0.39, 0.29) is 114 Å². The zero-order chi connectivity index (χ0) is 9.19. The molecule has 14 heavy (non-hydrogen) atoms. The molecule has 1 rings (SSSR count). The van der Waals surface area contributed by atoms with E-state index in [2.05, 4.69) is 4.52 Å². The van der Waals surface area contributed by atoms with Gasteiger partial charge in [0.25, 0.3) is 0 Å². The minimum Gasteiger partial charge on any atom is -0.780 e.